The number of carbonyl (C=O) groups is 2. The number of halogens is 1. The van der Waals surface area contributed by atoms with Gasteiger partial charge in [0, 0.05) is 31.6 Å². The third kappa shape index (κ3) is 7.07. The minimum atomic E-state index is -0.255. The van der Waals surface area contributed by atoms with E-state index >= 15 is 0 Å². The third-order valence-electron chi connectivity index (χ3n) is 5.80. The van der Waals surface area contributed by atoms with E-state index in [1.807, 2.05) is 32.0 Å². The number of benzene rings is 2. The van der Waals surface area contributed by atoms with Gasteiger partial charge in [-0.25, -0.2) is 4.39 Å². The van der Waals surface area contributed by atoms with Gasteiger partial charge in [0.2, 0.25) is 11.8 Å². The van der Waals surface area contributed by atoms with Gasteiger partial charge in [-0.05, 0) is 68.5 Å². The van der Waals surface area contributed by atoms with Crippen LogP contribution >= 0.6 is 0 Å². The minimum absolute atomic E-state index is 0.0326. The summed E-state index contributed by atoms with van der Waals surface area (Å²) >= 11 is 0. The molecule has 1 aliphatic rings. The maximum absolute atomic E-state index is 13.7. The Labute approximate surface area is 200 Å². The molecule has 2 aromatic rings. The molecule has 0 atom stereocenters. The van der Waals surface area contributed by atoms with Crippen molar-refractivity contribution in [2.24, 2.45) is 5.92 Å². The topological polar surface area (TPSA) is 67.9 Å². The van der Waals surface area contributed by atoms with Crippen molar-refractivity contribution in [1.82, 2.24) is 10.2 Å². The first-order valence-electron chi connectivity index (χ1n) is 11.7. The Morgan fingerprint density at radius 3 is 2.56 bits per heavy atom. The molecule has 182 valence electrons. The summed E-state index contributed by atoms with van der Waals surface area (Å²) in [6.45, 7) is 5.35. The van der Waals surface area contributed by atoms with Crippen LogP contribution in [-0.2, 0) is 16.0 Å². The van der Waals surface area contributed by atoms with E-state index in [1.165, 1.54) is 6.07 Å². The summed E-state index contributed by atoms with van der Waals surface area (Å²) < 4.78 is 24.8. The summed E-state index contributed by atoms with van der Waals surface area (Å²) in [7, 11) is 1.58. The normalized spacial score (nSPS) is 14.4. The van der Waals surface area contributed by atoms with E-state index in [4.69, 9.17) is 9.47 Å². The summed E-state index contributed by atoms with van der Waals surface area (Å²) in [6.07, 6.45) is 5.02. The number of piperidine rings is 1. The van der Waals surface area contributed by atoms with Crippen LogP contribution in [0.5, 0.6) is 11.5 Å². The number of nitrogens with zero attached hydrogens (tertiary/aromatic N) is 1. The van der Waals surface area contributed by atoms with Crippen LogP contribution in [0.3, 0.4) is 0 Å². The highest BCUT2D eigenvalue weighted by Crippen LogP contribution is 2.29. The van der Waals surface area contributed by atoms with Gasteiger partial charge in [0.1, 0.15) is 5.82 Å². The Morgan fingerprint density at radius 2 is 1.88 bits per heavy atom. The third-order valence-corrected chi connectivity index (χ3v) is 5.80. The molecule has 6 nitrogen and oxygen atoms in total. The first-order valence-corrected chi connectivity index (χ1v) is 11.7. The second-order valence-electron chi connectivity index (χ2n) is 8.64. The number of ether oxygens (including phenoxy) is 2. The molecule has 2 aromatic carbocycles. The molecule has 2 amide bonds. The summed E-state index contributed by atoms with van der Waals surface area (Å²) in [4.78, 5) is 26.9. The first kappa shape index (κ1) is 25.3. The van der Waals surface area contributed by atoms with Crippen LogP contribution in [0.1, 0.15) is 37.8 Å². The molecule has 0 saturated carbocycles. The van der Waals surface area contributed by atoms with E-state index in [2.05, 4.69) is 5.32 Å². The molecule has 1 N–H and O–H groups in total. The van der Waals surface area contributed by atoms with E-state index in [-0.39, 0.29) is 29.7 Å². The maximum Gasteiger partial charge on any atom is 0.246 e. The molecule has 0 aromatic heterocycles. The van der Waals surface area contributed by atoms with Crippen LogP contribution in [0.4, 0.5) is 4.39 Å². The highest BCUT2D eigenvalue weighted by atomic mass is 19.1. The average molecular weight is 469 g/mol. The fourth-order valence-corrected chi connectivity index (χ4v) is 3.94. The van der Waals surface area contributed by atoms with Crippen molar-refractivity contribution in [1.29, 1.82) is 0 Å². The zero-order valence-corrected chi connectivity index (χ0v) is 20.1. The zero-order chi connectivity index (χ0) is 24.5. The molecular weight excluding hydrogens is 435 g/mol. The molecule has 1 heterocycles. The smallest absolute Gasteiger partial charge is 0.246 e. The number of rotatable bonds is 9. The van der Waals surface area contributed by atoms with Gasteiger partial charge in [0.25, 0.3) is 0 Å². The Kier molecular flexibility index (Phi) is 9.08. The van der Waals surface area contributed by atoms with Crippen LogP contribution in [-0.4, -0.2) is 49.6 Å². The highest BCUT2D eigenvalue weighted by Gasteiger charge is 2.26. The molecule has 7 heteroatoms. The predicted molar refractivity (Wildman–Crippen MR) is 130 cm³/mol. The van der Waals surface area contributed by atoms with Crippen molar-refractivity contribution in [3.63, 3.8) is 0 Å². The number of likely N-dealkylation sites (tertiary alicyclic amines) is 1. The quantitative estimate of drug-likeness (QED) is 0.560. The van der Waals surface area contributed by atoms with E-state index in [9.17, 15) is 14.0 Å². The van der Waals surface area contributed by atoms with Crippen LogP contribution in [0.25, 0.3) is 6.08 Å². The predicted octanol–water partition coefficient (Wildman–Crippen LogP) is 4.23. The lowest BCUT2D eigenvalue weighted by Crippen LogP contribution is -2.42. The molecule has 0 bridgehead atoms. The van der Waals surface area contributed by atoms with Gasteiger partial charge in [-0.1, -0.05) is 24.3 Å². The lowest BCUT2D eigenvalue weighted by Gasteiger charge is -2.30. The molecule has 0 unspecified atom stereocenters. The second-order valence-corrected chi connectivity index (χ2v) is 8.64. The second kappa shape index (κ2) is 12.2. The van der Waals surface area contributed by atoms with Gasteiger partial charge in [-0.15, -0.1) is 0 Å². The number of amides is 2. The number of carbonyl (C=O) groups excluding carboxylic acids is 2. The number of hydrogen-bond donors (Lipinski definition) is 1. The van der Waals surface area contributed by atoms with E-state index in [0.29, 0.717) is 56.0 Å². The van der Waals surface area contributed by atoms with Crippen LogP contribution in [0, 0.1) is 11.7 Å². The van der Waals surface area contributed by atoms with Crippen LogP contribution in [0.15, 0.2) is 48.5 Å². The van der Waals surface area contributed by atoms with Gasteiger partial charge >= 0.3 is 0 Å². The fourth-order valence-electron chi connectivity index (χ4n) is 3.94. The van der Waals surface area contributed by atoms with E-state index < -0.39 is 0 Å². The Balaban J connectivity index is 1.45. The van der Waals surface area contributed by atoms with Crippen LogP contribution in [0.2, 0.25) is 0 Å². The van der Waals surface area contributed by atoms with E-state index in [1.54, 1.807) is 42.4 Å². The average Bonchev–Trinajstić information content (AvgIpc) is 2.84. The number of methoxy groups -OCH3 is 1. The Bertz CT molecular complexity index is 1010. The van der Waals surface area contributed by atoms with E-state index in [0.717, 1.165) is 5.56 Å². The number of nitrogens with one attached hydrogen (secondary N) is 1. The maximum atomic E-state index is 13.7. The first-order chi connectivity index (χ1) is 16.4. The van der Waals surface area contributed by atoms with Crippen molar-refractivity contribution in [2.45, 2.75) is 39.2 Å². The molecule has 34 heavy (non-hydrogen) atoms. The van der Waals surface area contributed by atoms with Crippen molar-refractivity contribution in [2.75, 3.05) is 26.7 Å². The molecule has 3 rings (SSSR count). The molecule has 0 aliphatic carbocycles. The molecular formula is C27H33FN2O4. The van der Waals surface area contributed by atoms with Gasteiger partial charge in [-0.2, -0.15) is 0 Å². The zero-order valence-electron chi connectivity index (χ0n) is 20.1. The lowest BCUT2D eigenvalue weighted by atomic mass is 9.95. The Morgan fingerprint density at radius 1 is 1.15 bits per heavy atom. The van der Waals surface area contributed by atoms with Gasteiger partial charge in [-0.3, -0.25) is 9.59 Å². The molecule has 0 radical (unpaired) electrons. The fraction of sp³-hybridized carbons (Fsp3) is 0.407. The van der Waals surface area contributed by atoms with Crippen molar-refractivity contribution in [3.05, 3.63) is 65.5 Å². The SMILES string of the molecule is COc1cc(C=CC(=O)N2CCC(C(=O)NCCc3ccccc3F)CC2)ccc1OC(C)C. The summed E-state index contributed by atoms with van der Waals surface area (Å²) in [5.74, 6) is 0.774. The van der Waals surface area contributed by atoms with Crippen molar-refractivity contribution < 1.29 is 23.5 Å². The molecule has 1 saturated heterocycles. The van der Waals surface area contributed by atoms with Gasteiger partial charge < -0.3 is 19.7 Å². The molecule has 1 fully saturated rings. The Hall–Kier alpha value is -3.35. The monoisotopic (exact) mass is 468 g/mol. The lowest BCUT2D eigenvalue weighted by molar-refractivity contribution is -0.132. The van der Waals surface area contributed by atoms with Crippen molar-refractivity contribution in [3.8, 4) is 11.5 Å². The largest absolute Gasteiger partial charge is 0.493 e. The minimum Gasteiger partial charge on any atom is -0.493 e. The summed E-state index contributed by atoms with van der Waals surface area (Å²) in [5.41, 5.74) is 1.43. The van der Waals surface area contributed by atoms with Crippen LogP contribution < -0.4 is 14.8 Å². The molecule has 0 spiro atoms. The van der Waals surface area contributed by atoms with Gasteiger partial charge in [0.05, 0.1) is 13.2 Å². The summed E-state index contributed by atoms with van der Waals surface area (Å²) in [6, 6.07) is 12.1. The molecule has 1 aliphatic heterocycles. The number of hydrogen-bond acceptors (Lipinski definition) is 4. The van der Waals surface area contributed by atoms with Gasteiger partial charge in [0.15, 0.2) is 11.5 Å². The summed E-state index contributed by atoms with van der Waals surface area (Å²) in [5, 5.41) is 2.90. The van der Waals surface area contributed by atoms with Crippen molar-refractivity contribution >= 4 is 17.9 Å². The highest BCUT2D eigenvalue weighted by molar-refractivity contribution is 5.92. The standard InChI is InChI=1S/C27H33FN2O4/c1-19(2)34-24-10-8-20(18-25(24)33-3)9-11-26(31)30-16-13-22(14-17-30)27(32)29-15-12-21-6-4-5-7-23(21)28/h4-11,18-19,22H,12-17H2,1-3H3,(H,29,32).